The Morgan fingerprint density at radius 1 is 1.07 bits per heavy atom. The molecule has 1 aromatic carbocycles. The van der Waals surface area contributed by atoms with Crippen molar-refractivity contribution in [1.82, 2.24) is 15.3 Å². The van der Waals surface area contributed by atoms with Gasteiger partial charge in [-0.3, -0.25) is 4.79 Å². The van der Waals surface area contributed by atoms with E-state index in [2.05, 4.69) is 36.5 Å². The fraction of sp³-hybridized carbons (Fsp3) is 0.476. The van der Waals surface area contributed by atoms with Crippen LogP contribution in [0.15, 0.2) is 28.7 Å². The number of amides is 1. The summed E-state index contributed by atoms with van der Waals surface area (Å²) in [4.78, 5) is 23.6. The Morgan fingerprint density at radius 3 is 2.39 bits per heavy atom. The van der Waals surface area contributed by atoms with E-state index in [0.29, 0.717) is 17.6 Å². The third-order valence-corrected chi connectivity index (χ3v) is 6.00. The molecule has 1 amide bonds. The molecule has 150 valence electrons. The molecule has 0 atom stereocenters. The van der Waals surface area contributed by atoms with Gasteiger partial charge in [-0.25, -0.2) is 4.98 Å². The second-order valence-electron chi connectivity index (χ2n) is 7.72. The number of benzene rings is 1. The normalized spacial score (nSPS) is 19.2. The van der Waals surface area contributed by atoms with Gasteiger partial charge in [-0.2, -0.15) is 4.98 Å². The molecule has 1 aromatic heterocycles. The summed E-state index contributed by atoms with van der Waals surface area (Å²) in [5.74, 6) is 1.59. The van der Waals surface area contributed by atoms with E-state index < -0.39 is 0 Å². The first-order valence-corrected chi connectivity index (χ1v) is 10.5. The molecule has 2 N–H and O–H groups in total. The fourth-order valence-corrected chi connectivity index (χ4v) is 3.71. The van der Waals surface area contributed by atoms with Crippen molar-refractivity contribution >= 4 is 33.6 Å². The van der Waals surface area contributed by atoms with Crippen molar-refractivity contribution in [2.45, 2.75) is 51.6 Å². The largest absolute Gasteiger partial charge is 0.363 e. The van der Waals surface area contributed by atoms with E-state index in [1.54, 1.807) is 0 Å². The van der Waals surface area contributed by atoms with Crippen LogP contribution in [-0.4, -0.2) is 42.1 Å². The average molecular weight is 446 g/mol. The highest BCUT2D eigenvalue weighted by Crippen LogP contribution is 2.23. The number of rotatable bonds is 5. The second-order valence-corrected chi connectivity index (χ2v) is 8.57. The smallest absolute Gasteiger partial charge is 0.251 e. The number of hydrogen-bond acceptors (Lipinski definition) is 5. The monoisotopic (exact) mass is 445 g/mol. The van der Waals surface area contributed by atoms with Crippen LogP contribution in [0.2, 0.25) is 0 Å². The summed E-state index contributed by atoms with van der Waals surface area (Å²) >= 11 is 3.48. The zero-order valence-electron chi connectivity index (χ0n) is 16.9. The Morgan fingerprint density at radius 2 is 1.75 bits per heavy atom. The van der Waals surface area contributed by atoms with Crippen LogP contribution in [0.5, 0.6) is 0 Å². The van der Waals surface area contributed by atoms with Crippen molar-refractivity contribution in [3.05, 3.63) is 45.6 Å². The van der Waals surface area contributed by atoms with Gasteiger partial charge in [-0.15, -0.1) is 0 Å². The van der Waals surface area contributed by atoms with Gasteiger partial charge in [0.25, 0.3) is 5.91 Å². The molecule has 2 aromatic rings. The fourth-order valence-electron chi connectivity index (χ4n) is 3.46. The van der Waals surface area contributed by atoms with Crippen molar-refractivity contribution in [3.8, 4) is 0 Å². The molecular weight excluding hydrogens is 418 g/mol. The predicted molar refractivity (Wildman–Crippen MR) is 117 cm³/mol. The third-order valence-electron chi connectivity index (χ3n) is 5.11. The number of carbonyl (C=O) groups is 1. The van der Waals surface area contributed by atoms with E-state index in [1.165, 1.54) is 0 Å². The Kier molecular flexibility index (Phi) is 6.54. The molecule has 0 radical (unpaired) electrons. The highest BCUT2D eigenvalue weighted by atomic mass is 79.9. The second kappa shape index (κ2) is 8.90. The predicted octanol–water partition coefficient (Wildman–Crippen LogP) is 4.08. The number of anilines is 2. The van der Waals surface area contributed by atoms with E-state index in [-0.39, 0.29) is 11.9 Å². The molecule has 6 nitrogen and oxygen atoms in total. The van der Waals surface area contributed by atoms with E-state index in [4.69, 9.17) is 0 Å². The summed E-state index contributed by atoms with van der Waals surface area (Å²) in [6.07, 6.45) is 3.87. The van der Waals surface area contributed by atoms with Gasteiger partial charge in [0.1, 0.15) is 5.82 Å². The van der Waals surface area contributed by atoms with E-state index in [9.17, 15) is 4.79 Å². The zero-order chi connectivity index (χ0) is 20.3. The number of aromatic nitrogens is 2. The minimum absolute atomic E-state index is 0.00431. The lowest BCUT2D eigenvalue weighted by atomic mass is 9.91. The van der Waals surface area contributed by atoms with Crippen LogP contribution in [0.3, 0.4) is 0 Å². The van der Waals surface area contributed by atoms with Crippen molar-refractivity contribution < 1.29 is 4.79 Å². The number of nitrogens with zero attached hydrogens (tertiary/aromatic N) is 3. The first-order chi connectivity index (χ1) is 13.3. The number of hydrogen-bond donors (Lipinski definition) is 2. The number of aryl methyl sites for hydroxylation is 2. The van der Waals surface area contributed by atoms with Gasteiger partial charge in [0.15, 0.2) is 0 Å². The van der Waals surface area contributed by atoms with Gasteiger partial charge in [-0.1, -0.05) is 15.9 Å². The summed E-state index contributed by atoms with van der Waals surface area (Å²) in [7, 11) is 3.96. The van der Waals surface area contributed by atoms with Gasteiger partial charge in [0.2, 0.25) is 5.95 Å². The highest BCUT2D eigenvalue weighted by Gasteiger charge is 2.23. The SMILES string of the molecule is Cc1cc(N(C)C)nc(NC2CCC(NC(=O)c3ccc(Br)c(C)c3)CC2)n1. The molecular formula is C21H28BrN5O. The topological polar surface area (TPSA) is 70.2 Å². The summed E-state index contributed by atoms with van der Waals surface area (Å²) in [5.41, 5.74) is 2.73. The lowest BCUT2D eigenvalue weighted by Crippen LogP contribution is -2.40. The molecule has 28 heavy (non-hydrogen) atoms. The van der Waals surface area contributed by atoms with Gasteiger partial charge in [0.05, 0.1) is 0 Å². The zero-order valence-corrected chi connectivity index (χ0v) is 18.5. The Labute approximate surface area is 175 Å². The van der Waals surface area contributed by atoms with Gasteiger partial charge in [-0.05, 0) is 63.3 Å². The number of carbonyl (C=O) groups excluding carboxylic acids is 1. The van der Waals surface area contributed by atoms with Gasteiger partial charge in [0, 0.05) is 48.0 Å². The van der Waals surface area contributed by atoms with Crippen LogP contribution in [-0.2, 0) is 0 Å². The Balaban J connectivity index is 1.53. The average Bonchev–Trinajstić information content (AvgIpc) is 2.65. The van der Waals surface area contributed by atoms with Crippen molar-refractivity contribution in [3.63, 3.8) is 0 Å². The van der Waals surface area contributed by atoms with Crippen LogP contribution in [0.4, 0.5) is 11.8 Å². The molecule has 1 aliphatic carbocycles. The quantitative estimate of drug-likeness (QED) is 0.725. The highest BCUT2D eigenvalue weighted by molar-refractivity contribution is 9.10. The Bertz CT molecular complexity index is 847. The minimum Gasteiger partial charge on any atom is -0.363 e. The van der Waals surface area contributed by atoms with Crippen molar-refractivity contribution in [2.75, 3.05) is 24.3 Å². The maximum Gasteiger partial charge on any atom is 0.251 e. The van der Waals surface area contributed by atoms with E-state index in [1.807, 2.05) is 57.1 Å². The van der Waals surface area contributed by atoms with E-state index >= 15 is 0 Å². The number of halogens is 1. The summed E-state index contributed by atoms with van der Waals surface area (Å²) < 4.78 is 1.02. The minimum atomic E-state index is 0.00431. The van der Waals surface area contributed by atoms with Crippen LogP contribution in [0.1, 0.15) is 47.3 Å². The molecule has 1 aliphatic rings. The molecule has 3 rings (SSSR count). The van der Waals surface area contributed by atoms with Crippen molar-refractivity contribution in [1.29, 1.82) is 0 Å². The summed E-state index contributed by atoms with van der Waals surface area (Å²) in [5, 5.41) is 6.65. The van der Waals surface area contributed by atoms with E-state index in [0.717, 1.165) is 47.2 Å². The molecule has 7 heteroatoms. The molecule has 0 unspecified atom stereocenters. The maximum absolute atomic E-state index is 12.5. The molecule has 1 heterocycles. The molecule has 1 fully saturated rings. The van der Waals surface area contributed by atoms with Crippen LogP contribution >= 0.6 is 15.9 Å². The lowest BCUT2D eigenvalue weighted by Gasteiger charge is -2.30. The number of nitrogens with one attached hydrogen (secondary N) is 2. The molecule has 0 bridgehead atoms. The third kappa shape index (κ3) is 5.22. The first kappa shape index (κ1) is 20.6. The standard InChI is InChI=1S/C21H28BrN5O/c1-13-11-15(5-10-18(13)22)20(28)24-16-6-8-17(9-7-16)25-21-23-14(2)12-19(26-21)27(3)4/h5,10-12,16-17H,6-9H2,1-4H3,(H,24,28)(H,23,25,26). The molecule has 1 saturated carbocycles. The van der Waals surface area contributed by atoms with Crippen LogP contribution in [0, 0.1) is 13.8 Å². The van der Waals surface area contributed by atoms with Crippen LogP contribution < -0.4 is 15.5 Å². The summed E-state index contributed by atoms with van der Waals surface area (Å²) in [6.45, 7) is 3.98. The van der Waals surface area contributed by atoms with Crippen molar-refractivity contribution in [2.24, 2.45) is 0 Å². The maximum atomic E-state index is 12.5. The summed E-state index contributed by atoms with van der Waals surface area (Å²) in [6, 6.07) is 8.22. The lowest BCUT2D eigenvalue weighted by molar-refractivity contribution is 0.0926. The van der Waals surface area contributed by atoms with Gasteiger partial charge >= 0.3 is 0 Å². The van der Waals surface area contributed by atoms with Crippen LogP contribution in [0.25, 0.3) is 0 Å². The molecule has 0 aliphatic heterocycles. The molecule has 0 spiro atoms. The van der Waals surface area contributed by atoms with Gasteiger partial charge < -0.3 is 15.5 Å². The Hall–Kier alpha value is -2.15. The first-order valence-electron chi connectivity index (χ1n) is 9.68. The molecule has 0 saturated heterocycles.